The van der Waals surface area contributed by atoms with Gasteiger partial charge in [0.05, 0.1) is 0 Å². The van der Waals surface area contributed by atoms with Crippen molar-refractivity contribution < 1.29 is 4.39 Å². The molecule has 0 amide bonds. The number of aromatic nitrogens is 1. The van der Waals surface area contributed by atoms with Crippen LogP contribution >= 0.6 is 12.6 Å². The Hall–Kier alpha value is -0.895. The number of thiol groups is 1. The smallest absolute Gasteiger partial charge is 0.118 e. The molecule has 0 aliphatic carbocycles. The zero-order valence-corrected chi connectivity index (χ0v) is 7.03. The van der Waals surface area contributed by atoms with Gasteiger partial charge in [0.15, 0.2) is 0 Å². The standard InChI is InChI=1S/C8H5BFNS/c9-5-1-4-7(2-6(5)10)11-3-8(4)12/h1-3,11-12H. The second-order valence-corrected chi connectivity index (χ2v) is 3.08. The Bertz CT molecular complexity index is 438. The van der Waals surface area contributed by atoms with Gasteiger partial charge < -0.3 is 4.98 Å². The fraction of sp³-hybridized carbons (Fsp3) is 0. The molecule has 1 nitrogen and oxygen atoms in total. The van der Waals surface area contributed by atoms with E-state index < -0.39 is 5.82 Å². The van der Waals surface area contributed by atoms with Crippen LogP contribution in [0, 0.1) is 5.82 Å². The zero-order valence-electron chi connectivity index (χ0n) is 6.13. The monoisotopic (exact) mass is 177 g/mol. The quantitative estimate of drug-likeness (QED) is 0.446. The van der Waals surface area contributed by atoms with Gasteiger partial charge in [0.25, 0.3) is 0 Å². The third-order valence-corrected chi connectivity index (χ3v) is 2.15. The number of hydrogen-bond donors (Lipinski definition) is 2. The van der Waals surface area contributed by atoms with E-state index in [2.05, 4.69) is 17.6 Å². The third kappa shape index (κ3) is 1.03. The predicted molar refractivity (Wildman–Crippen MR) is 50.9 cm³/mol. The topological polar surface area (TPSA) is 15.8 Å². The Morgan fingerprint density at radius 3 is 2.92 bits per heavy atom. The summed E-state index contributed by atoms with van der Waals surface area (Å²) in [5, 5.41) is 0.845. The lowest BCUT2D eigenvalue weighted by atomic mass is 9.94. The molecule has 0 aliphatic rings. The van der Waals surface area contributed by atoms with Crippen LogP contribution in [0.15, 0.2) is 23.2 Å². The Kier molecular flexibility index (Phi) is 1.65. The van der Waals surface area contributed by atoms with Crippen LogP contribution in [0.5, 0.6) is 0 Å². The molecule has 0 atom stereocenters. The molecule has 0 saturated heterocycles. The SMILES string of the molecule is [B]c1cc2c(S)c[nH]c2cc1F. The van der Waals surface area contributed by atoms with Gasteiger partial charge in [0, 0.05) is 22.0 Å². The summed E-state index contributed by atoms with van der Waals surface area (Å²) in [6.07, 6.45) is 1.70. The van der Waals surface area contributed by atoms with E-state index in [-0.39, 0.29) is 5.46 Å². The summed E-state index contributed by atoms with van der Waals surface area (Å²) in [6.45, 7) is 0. The number of benzene rings is 1. The maximum Gasteiger partial charge on any atom is 0.118 e. The fourth-order valence-corrected chi connectivity index (χ4v) is 1.39. The van der Waals surface area contributed by atoms with Crippen LogP contribution in [-0.2, 0) is 0 Å². The summed E-state index contributed by atoms with van der Waals surface area (Å²) in [6, 6.07) is 2.94. The average molecular weight is 177 g/mol. The Morgan fingerprint density at radius 2 is 2.17 bits per heavy atom. The molecule has 4 heteroatoms. The number of aromatic amines is 1. The van der Waals surface area contributed by atoms with Gasteiger partial charge in [-0.05, 0) is 6.07 Å². The van der Waals surface area contributed by atoms with Crippen LogP contribution in [0.2, 0.25) is 0 Å². The maximum atomic E-state index is 12.9. The van der Waals surface area contributed by atoms with Crippen molar-refractivity contribution in [3.63, 3.8) is 0 Å². The van der Waals surface area contributed by atoms with Gasteiger partial charge in [-0.3, -0.25) is 0 Å². The molecule has 0 spiro atoms. The fourth-order valence-electron chi connectivity index (χ4n) is 1.15. The predicted octanol–water partition coefficient (Wildman–Crippen LogP) is 1.39. The van der Waals surface area contributed by atoms with Gasteiger partial charge >= 0.3 is 0 Å². The molecule has 1 aromatic carbocycles. The first-order chi connectivity index (χ1) is 5.68. The van der Waals surface area contributed by atoms with Crippen molar-refractivity contribution >= 4 is 36.8 Å². The van der Waals surface area contributed by atoms with Crippen LogP contribution in [0.4, 0.5) is 4.39 Å². The molecule has 2 rings (SSSR count). The van der Waals surface area contributed by atoms with Crippen molar-refractivity contribution in [3.05, 3.63) is 24.1 Å². The van der Waals surface area contributed by atoms with Crippen molar-refractivity contribution in [2.45, 2.75) is 4.90 Å². The van der Waals surface area contributed by atoms with E-state index in [1.54, 1.807) is 12.3 Å². The van der Waals surface area contributed by atoms with E-state index in [4.69, 9.17) is 7.85 Å². The lowest BCUT2D eigenvalue weighted by Gasteiger charge is -1.96. The number of fused-ring (bicyclic) bond motifs is 1. The third-order valence-electron chi connectivity index (χ3n) is 1.78. The molecule has 58 valence electrons. The van der Waals surface area contributed by atoms with Gasteiger partial charge in [-0.25, -0.2) is 4.39 Å². The lowest BCUT2D eigenvalue weighted by Crippen LogP contribution is -2.06. The lowest BCUT2D eigenvalue weighted by molar-refractivity contribution is 0.637. The van der Waals surface area contributed by atoms with Crippen LogP contribution in [0.25, 0.3) is 10.9 Å². The molecule has 2 radical (unpaired) electrons. The van der Waals surface area contributed by atoms with Crippen molar-refractivity contribution in [2.24, 2.45) is 0 Å². The number of H-pyrrole nitrogens is 1. The average Bonchev–Trinajstić information content (AvgIpc) is 2.35. The first-order valence-corrected chi connectivity index (χ1v) is 3.88. The van der Waals surface area contributed by atoms with E-state index in [1.165, 1.54) is 6.07 Å². The van der Waals surface area contributed by atoms with Crippen LogP contribution in [-0.4, -0.2) is 12.8 Å². The minimum atomic E-state index is -0.405. The van der Waals surface area contributed by atoms with Crippen molar-refractivity contribution in [3.8, 4) is 0 Å². The minimum Gasteiger partial charge on any atom is -0.360 e. The Balaban J connectivity index is 2.87. The maximum absolute atomic E-state index is 12.9. The molecule has 2 aromatic rings. The summed E-state index contributed by atoms with van der Waals surface area (Å²) in [5.74, 6) is -0.405. The first-order valence-electron chi connectivity index (χ1n) is 3.43. The van der Waals surface area contributed by atoms with E-state index in [0.29, 0.717) is 5.52 Å². The highest BCUT2D eigenvalue weighted by molar-refractivity contribution is 7.80. The summed E-state index contributed by atoms with van der Waals surface area (Å²) in [4.78, 5) is 3.66. The largest absolute Gasteiger partial charge is 0.360 e. The summed E-state index contributed by atoms with van der Waals surface area (Å²) in [7, 11) is 5.39. The second-order valence-electron chi connectivity index (χ2n) is 2.59. The molecular formula is C8H5BFNS. The molecule has 1 heterocycles. The summed E-state index contributed by atoms with van der Waals surface area (Å²) >= 11 is 4.17. The van der Waals surface area contributed by atoms with E-state index in [0.717, 1.165) is 10.3 Å². The van der Waals surface area contributed by atoms with E-state index in [9.17, 15) is 4.39 Å². The minimum absolute atomic E-state index is 0.150. The van der Waals surface area contributed by atoms with E-state index >= 15 is 0 Å². The van der Waals surface area contributed by atoms with E-state index in [1.807, 2.05) is 0 Å². The summed E-state index contributed by atoms with van der Waals surface area (Å²) < 4.78 is 12.9. The van der Waals surface area contributed by atoms with Gasteiger partial charge in [-0.2, -0.15) is 0 Å². The number of hydrogen-bond acceptors (Lipinski definition) is 1. The van der Waals surface area contributed by atoms with Crippen LogP contribution in [0.3, 0.4) is 0 Å². The van der Waals surface area contributed by atoms with Crippen molar-refractivity contribution in [1.29, 1.82) is 0 Å². The highest BCUT2D eigenvalue weighted by atomic mass is 32.1. The van der Waals surface area contributed by atoms with Gasteiger partial charge in [-0.1, -0.05) is 11.5 Å². The normalized spacial score (nSPS) is 10.8. The van der Waals surface area contributed by atoms with Crippen molar-refractivity contribution in [1.82, 2.24) is 4.98 Å². The molecule has 0 fully saturated rings. The molecule has 0 bridgehead atoms. The first kappa shape index (κ1) is 7.74. The Morgan fingerprint density at radius 1 is 1.42 bits per heavy atom. The molecule has 1 aromatic heterocycles. The van der Waals surface area contributed by atoms with Crippen LogP contribution < -0.4 is 5.46 Å². The summed E-state index contributed by atoms with van der Waals surface area (Å²) in [5.41, 5.74) is 0.865. The van der Waals surface area contributed by atoms with Gasteiger partial charge in [-0.15, -0.1) is 12.6 Å². The Labute approximate surface area is 75.8 Å². The number of halogens is 1. The zero-order chi connectivity index (χ0) is 8.72. The number of rotatable bonds is 0. The van der Waals surface area contributed by atoms with Gasteiger partial charge in [0.2, 0.25) is 0 Å². The number of nitrogens with one attached hydrogen (secondary N) is 1. The van der Waals surface area contributed by atoms with Crippen molar-refractivity contribution in [2.75, 3.05) is 0 Å². The highest BCUT2D eigenvalue weighted by Gasteiger charge is 2.03. The molecule has 1 N–H and O–H groups in total. The molecule has 0 unspecified atom stereocenters. The molecule has 0 aliphatic heterocycles. The van der Waals surface area contributed by atoms with Crippen LogP contribution in [0.1, 0.15) is 0 Å². The molecule has 12 heavy (non-hydrogen) atoms. The highest BCUT2D eigenvalue weighted by Crippen LogP contribution is 2.20. The molecular weight excluding hydrogens is 172 g/mol. The second kappa shape index (κ2) is 2.56. The molecule has 0 saturated carbocycles. The van der Waals surface area contributed by atoms with Gasteiger partial charge in [0.1, 0.15) is 13.7 Å².